The first-order valence-electron chi connectivity index (χ1n) is 7.89. The lowest BCUT2D eigenvalue weighted by molar-refractivity contribution is 0.603. The minimum absolute atomic E-state index is 0.00492. The maximum atomic E-state index is 11.7. The van der Waals surface area contributed by atoms with E-state index in [0.717, 1.165) is 17.4 Å². The molecule has 2 rings (SSSR count). The van der Waals surface area contributed by atoms with E-state index in [1.165, 1.54) is 0 Å². The summed E-state index contributed by atoms with van der Waals surface area (Å²) >= 11 is 18.1. The normalized spacial score (nSPS) is 13.5. The van der Waals surface area contributed by atoms with Gasteiger partial charge < -0.3 is 5.32 Å². The third-order valence-corrected chi connectivity index (χ3v) is 4.37. The van der Waals surface area contributed by atoms with Crippen LogP contribution in [-0.4, -0.2) is 30.1 Å². The van der Waals surface area contributed by atoms with Gasteiger partial charge in [-0.05, 0) is 11.1 Å². The van der Waals surface area contributed by atoms with E-state index in [1.807, 2.05) is 60.7 Å². The van der Waals surface area contributed by atoms with Crippen LogP contribution in [0.25, 0.3) is 0 Å². The van der Waals surface area contributed by atoms with Crippen LogP contribution in [-0.2, 0) is 23.0 Å². The van der Waals surface area contributed by atoms with Gasteiger partial charge in [-0.15, -0.1) is 0 Å². The van der Waals surface area contributed by atoms with Crippen molar-refractivity contribution in [1.82, 2.24) is 5.32 Å². The summed E-state index contributed by atoms with van der Waals surface area (Å²) in [6, 6.07) is 18.6. The number of hydrogen-bond acceptors (Lipinski definition) is 3. The number of halogens is 3. The Morgan fingerprint density at radius 3 is 1.96 bits per heavy atom. The van der Waals surface area contributed by atoms with Gasteiger partial charge in [0.05, 0.1) is 12.8 Å². The molecule has 0 saturated carbocycles. The van der Waals surface area contributed by atoms with Crippen LogP contribution in [0.1, 0.15) is 11.1 Å². The maximum Gasteiger partial charge on any atom is 0.251 e. The predicted octanol–water partition coefficient (Wildman–Crippen LogP) is 4.15. The number of rotatable bonds is 5. The van der Waals surface area contributed by atoms with E-state index >= 15 is 0 Å². The summed E-state index contributed by atoms with van der Waals surface area (Å²) < 4.78 is 25.2. The first kappa shape index (κ1) is 21.7. The summed E-state index contributed by atoms with van der Waals surface area (Å²) in [7, 11) is -3.66. The molecule has 1 N–H and O–H groups in total. The molecular weight excluding hydrogens is 429 g/mol. The highest BCUT2D eigenvalue weighted by Gasteiger charge is 2.29. The quantitative estimate of drug-likeness (QED) is 0.426. The minimum Gasteiger partial charge on any atom is -0.328 e. The molecule has 2 aromatic rings. The van der Waals surface area contributed by atoms with E-state index in [4.69, 9.17) is 34.8 Å². The average Bonchev–Trinajstić information content (AvgIpc) is 2.58. The number of nitrogens with one attached hydrogen (secondary N) is 1. The fourth-order valence-electron chi connectivity index (χ4n) is 2.18. The molecule has 0 aliphatic heterocycles. The first-order valence-corrected chi connectivity index (χ1v) is 10.9. The molecule has 144 valence electrons. The van der Waals surface area contributed by atoms with Crippen molar-refractivity contribution < 1.29 is 8.42 Å². The second-order valence-electron chi connectivity index (χ2n) is 5.71. The predicted molar refractivity (Wildman–Crippen MR) is 113 cm³/mol. The second kappa shape index (κ2) is 9.55. The van der Waals surface area contributed by atoms with E-state index in [-0.39, 0.29) is 24.6 Å². The maximum absolute atomic E-state index is 11.7. The van der Waals surface area contributed by atoms with Gasteiger partial charge in [0.1, 0.15) is 5.84 Å². The van der Waals surface area contributed by atoms with Crippen molar-refractivity contribution >= 4 is 56.5 Å². The Labute approximate surface area is 174 Å². The Morgan fingerprint density at radius 1 is 0.963 bits per heavy atom. The number of sulfonamides is 1. The van der Waals surface area contributed by atoms with Crippen molar-refractivity contribution in [3.05, 3.63) is 71.8 Å². The van der Waals surface area contributed by atoms with Gasteiger partial charge in [-0.2, -0.15) is 4.40 Å². The zero-order valence-electron chi connectivity index (χ0n) is 14.4. The highest BCUT2D eigenvalue weighted by atomic mass is 35.6. The first-order chi connectivity index (χ1) is 12.6. The van der Waals surface area contributed by atoms with Crippen LogP contribution in [0.5, 0.6) is 0 Å². The van der Waals surface area contributed by atoms with Crippen LogP contribution in [0.4, 0.5) is 0 Å². The molecule has 0 spiro atoms. The van der Waals surface area contributed by atoms with E-state index in [9.17, 15) is 8.42 Å². The molecule has 0 heterocycles. The van der Waals surface area contributed by atoms with Crippen LogP contribution < -0.4 is 5.32 Å². The Hall–Kier alpha value is -1.60. The molecule has 0 atom stereocenters. The van der Waals surface area contributed by atoms with Gasteiger partial charge >= 0.3 is 0 Å². The fourth-order valence-corrected chi connectivity index (χ4v) is 3.01. The monoisotopic (exact) mass is 445 g/mol. The molecule has 5 nitrogen and oxygen atoms in total. The molecule has 0 aliphatic carbocycles. The molecule has 0 unspecified atom stereocenters. The highest BCUT2D eigenvalue weighted by molar-refractivity contribution is 7.89. The van der Waals surface area contributed by atoms with E-state index in [2.05, 4.69) is 14.7 Å². The van der Waals surface area contributed by atoms with Crippen molar-refractivity contribution in [2.24, 2.45) is 9.39 Å². The van der Waals surface area contributed by atoms with Gasteiger partial charge in [0.25, 0.3) is 10.0 Å². The lowest BCUT2D eigenvalue weighted by Crippen LogP contribution is -2.40. The van der Waals surface area contributed by atoms with Gasteiger partial charge in [0, 0.05) is 6.42 Å². The lowest BCUT2D eigenvalue weighted by Gasteiger charge is -2.18. The number of hydrogen-bond donors (Lipinski definition) is 1. The second-order valence-corrected chi connectivity index (χ2v) is 9.64. The third-order valence-electron chi connectivity index (χ3n) is 3.28. The van der Waals surface area contributed by atoms with Crippen LogP contribution in [0.3, 0.4) is 0 Å². The Balaban J connectivity index is 2.30. The van der Waals surface area contributed by atoms with Gasteiger partial charge in [0.2, 0.25) is 3.79 Å². The molecule has 0 radical (unpaired) electrons. The summed E-state index contributed by atoms with van der Waals surface area (Å²) in [6.07, 6.45) is 1.20. The zero-order chi connectivity index (χ0) is 19.9. The topological polar surface area (TPSA) is 70.9 Å². The average molecular weight is 447 g/mol. The van der Waals surface area contributed by atoms with Crippen molar-refractivity contribution in [2.45, 2.75) is 16.8 Å². The van der Waals surface area contributed by atoms with Crippen LogP contribution in [0.15, 0.2) is 70.1 Å². The van der Waals surface area contributed by atoms with Crippen LogP contribution in [0, 0.1) is 0 Å². The molecule has 9 heteroatoms. The molecule has 0 saturated heterocycles. The zero-order valence-corrected chi connectivity index (χ0v) is 17.5. The molecule has 0 amide bonds. The van der Waals surface area contributed by atoms with E-state index in [1.54, 1.807) is 0 Å². The van der Waals surface area contributed by atoms with Gasteiger partial charge in [-0.1, -0.05) is 95.5 Å². The van der Waals surface area contributed by atoms with Gasteiger partial charge in [-0.3, -0.25) is 4.99 Å². The molecule has 0 fully saturated rings. The molecule has 2 aromatic carbocycles. The number of amidine groups is 2. The summed E-state index contributed by atoms with van der Waals surface area (Å²) in [5.41, 5.74) is 1.76. The van der Waals surface area contributed by atoms with Crippen molar-refractivity contribution in [2.75, 3.05) is 6.26 Å². The Bertz CT molecular complexity index is 910. The Kier molecular flexibility index (Phi) is 7.68. The lowest BCUT2D eigenvalue weighted by atomic mass is 10.1. The smallest absolute Gasteiger partial charge is 0.251 e. The molecule has 0 bridgehead atoms. The third kappa shape index (κ3) is 8.30. The summed E-state index contributed by atoms with van der Waals surface area (Å²) in [5, 5.41) is 2.79. The van der Waals surface area contributed by atoms with Crippen LogP contribution in [0.2, 0.25) is 0 Å². The van der Waals surface area contributed by atoms with Crippen molar-refractivity contribution in [3.8, 4) is 0 Å². The minimum atomic E-state index is -3.66. The number of alkyl halides is 3. The standard InChI is InChI=1S/C18H18Cl3N3O2S/c1-27(25,26)24-16(12-14-8-4-2-5-9-14)23-17(18(19,20)21)22-13-15-10-6-3-7-11-15/h2-11H,12-13H2,1H3,(H,22,23,24). The van der Waals surface area contributed by atoms with Gasteiger partial charge in [-0.25, -0.2) is 8.42 Å². The summed E-state index contributed by atoms with van der Waals surface area (Å²) in [6.45, 7) is 0.259. The Morgan fingerprint density at radius 2 is 1.48 bits per heavy atom. The number of aliphatic imine (C=N–C) groups is 1. The van der Waals surface area contributed by atoms with Gasteiger partial charge in [0.15, 0.2) is 5.84 Å². The van der Waals surface area contributed by atoms with Crippen molar-refractivity contribution in [1.29, 1.82) is 0 Å². The largest absolute Gasteiger partial charge is 0.328 e. The molecule has 0 aliphatic rings. The van der Waals surface area contributed by atoms with E-state index < -0.39 is 13.8 Å². The molecular formula is C18H18Cl3N3O2S. The fraction of sp³-hybridized carbons (Fsp3) is 0.222. The summed E-state index contributed by atoms with van der Waals surface area (Å²) in [5.74, 6) is 0.108. The molecule has 0 aromatic heterocycles. The highest BCUT2D eigenvalue weighted by Crippen LogP contribution is 2.27. The molecule has 27 heavy (non-hydrogen) atoms. The van der Waals surface area contributed by atoms with Crippen LogP contribution >= 0.6 is 34.8 Å². The number of benzene rings is 2. The SMILES string of the molecule is CS(=O)(=O)/N=C(\Cc1ccccc1)NC(=NCc1ccccc1)C(Cl)(Cl)Cl. The van der Waals surface area contributed by atoms with Crippen molar-refractivity contribution in [3.63, 3.8) is 0 Å². The van der Waals surface area contributed by atoms with E-state index in [0.29, 0.717) is 0 Å². The number of nitrogens with zero attached hydrogens (tertiary/aromatic N) is 2. The summed E-state index contributed by atoms with van der Waals surface area (Å²) in [4.78, 5) is 4.31.